The Balaban J connectivity index is 1.84. The average molecular weight is 242 g/mol. The van der Waals surface area contributed by atoms with Gasteiger partial charge < -0.3 is 5.11 Å². The van der Waals surface area contributed by atoms with Crippen molar-refractivity contribution in [2.24, 2.45) is 11.8 Å². The van der Waals surface area contributed by atoms with E-state index >= 15 is 0 Å². The van der Waals surface area contributed by atoms with E-state index in [0.29, 0.717) is 11.8 Å². The monoisotopic (exact) mass is 242 g/mol. The molecule has 0 bridgehead atoms. The molecule has 2 aliphatic carbocycles. The second-order valence-electron chi connectivity index (χ2n) is 6.30. The standard InChI is InChI=1S/C17H22O/c1-12(2)15-10-17(18,11-15)16-8-7-13-5-3-4-6-14(13)9-16/h3,5,7-9,12,15,18H,4,6,10-11H2,1-2H3. The average Bonchev–Trinajstić information content (AvgIpc) is 2.34. The van der Waals surface area contributed by atoms with E-state index in [9.17, 15) is 5.11 Å². The van der Waals surface area contributed by atoms with E-state index in [1.54, 1.807) is 0 Å². The van der Waals surface area contributed by atoms with Gasteiger partial charge in [-0.2, -0.15) is 0 Å². The third kappa shape index (κ3) is 1.91. The number of hydrogen-bond donors (Lipinski definition) is 1. The minimum atomic E-state index is -0.550. The topological polar surface area (TPSA) is 20.2 Å². The first-order valence-corrected chi connectivity index (χ1v) is 7.11. The summed E-state index contributed by atoms with van der Waals surface area (Å²) in [5.41, 5.74) is 3.31. The Morgan fingerprint density at radius 1 is 1.28 bits per heavy atom. The van der Waals surface area contributed by atoms with Gasteiger partial charge in [-0.1, -0.05) is 44.2 Å². The van der Waals surface area contributed by atoms with Crippen molar-refractivity contribution in [1.82, 2.24) is 0 Å². The predicted molar refractivity (Wildman–Crippen MR) is 75.3 cm³/mol. The molecule has 0 radical (unpaired) electrons. The number of hydrogen-bond acceptors (Lipinski definition) is 1. The van der Waals surface area contributed by atoms with Gasteiger partial charge in [0, 0.05) is 0 Å². The van der Waals surface area contributed by atoms with Crippen LogP contribution in [0.5, 0.6) is 0 Å². The van der Waals surface area contributed by atoms with Crippen LogP contribution in [0, 0.1) is 11.8 Å². The lowest BCUT2D eigenvalue weighted by atomic mass is 9.63. The first-order chi connectivity index (χ1) is 8.58. The van der Waals surface area contributed by atoms with Gasteiger partial charge in [-0.15, -0.1) is 0 Å². The molecular formula is C17H22O. The smallest absolute Gasteiger partial charge is 0.0902 e. The summed E-state index contributed by atoms with van der Waals surface area (Å²) in [6.45, 7) is 4.50. The highest BCUT2D eigenvalue weighted by Gasteiger charge is 2.44. The van der Waals surface area contributed by atoms with Gasteiger partial charge in [0.15, 0.2) is 0 Å². The molecule has 1 nitrogen and oxygen atoms in total. The zero-order chi connectivity index (χ0) is 12.8. The van der Waals surface area contributed by atoms with Crippen LogP contribution >= 0.6 is 0 Å². The predicted octanol–water partition coefficient (Wildman–Crippen LogP) is 3.90. The van der Waals surface area contributed by atoms with Crippen molar-refractivity contribution in [3.8, 4) is 0 Å². The summed E-state index contributed by atoms with van der Waals surface area (Å²) in [5, 5.41) is 10.7. The van der Waals surface area contributed by atoms with Crippen LogP contribution in [0.25, 0.3) is 6.08 Å². The van der Waals surface area contributed by atoms with Gasteiger partial charge in [0.05, 0.1) is 5.60 Å². The van der Waals surface area contributed by atoms with Gasteiger partial charge >= 0.3 is 0 Å². The Kier molecular flexibility index (Phi) is 2.82. The molecule has 1 N–H and O–H groups in total. The van der Waals surface area contributed by atoms with Crippen LogP contribution in [0.2, 0.25) is 0 Å². The fourth-order valence-electron chi connectivity index (χ4n) is 3.24. The Hall–Kier alpha value is -1.08. The van der Waals surface area contributed by atoms with Crippen molar-refractivity contribution in [2.75, 3.05) is 0 Å². The van der Waals surface area contributed by atoms with Crippen LogP contribution in [0.4, 0.5) is 0 Å². The van der Waals surface area contributed by atoms with Crippen LogP contribution in [-0.2, 0) is 12.0 Å². The summed E-state index contributed by atoms with van der Waals surface area (Å²) in [5.74, 6) is 1.37. The molecule has 96 valence electrons. The summed E-state index contributed by atoms with van der Waals surface area (Å²) in [7, 11) is 0. The van der Waals surface area contributed by atoms with Crippen molar-refractivity contribution in [3.63, 3.8) is 0 Å². The van der Waals surface area contributed by atoms with E-state index in [4.69, 9.17) is 0 Å². The van der Waals surface area contributed by atoms with Crippen LogP contribution < -0.4 is 0 Å². The molecule has 1 aromatic carbocycles. The van der Waals surface area contributed by atoms with Crippen molar-refractivity contribution in [1.29, 1.82) is 0 Å². The number of aryl methyl sites for hydroxylation is 1. The number of benzene rings is 1. The summed E-state index contributed by atoms with van der Waals surface area (Å²) in [4.78, 5) is 0. The van der Waals surface area contributed by atoms with Gasteiger partial charge in [0.1, 0.15) is 0 Å². The van der Waals surface area contributed by atoms with Crippen LogP contribution in [-0.4, -0.2) is 5.11 Å². The molecule has 1 heteroatoms. The molecule has 0 saturated heterocycles. The minimum Gasteiger partial charge on any atom is -0.385 e. The Morgan fingerprint density at radius 3 is 2.78 bits per heavy atom. The minimum absolute atomic E-state index is 0.550. The molecule has 1 fully saturated rings. The van der Waals surface area contributed by atoms with Gasteiger partial charge in [-0.3, -0.25) is 0 Å². The lowest BCUT2D eigenvalue weighted by molar-refractivity contribution is -0.0934. The van der Waals surface area contributed by atoms with Crippen molar-refractivity contribution in [2.45, 2.75) is 45.1 Å². The van der Waals surface area contributed by atoms with E-state index in [2.05, 4.69) is 44.2 Å². The normalized spacial score (nSPS) is 30.1. The lowest BCUT2D eigenvalue weighted by Crippen LogP contribution is -2.43. The molecule has 1 saturated carbocycles. The molecule has 3 rings (SSSR count). The summed E-state index contributed by atoms with van der Waals surface area (Å²) in [6.07, 6.45) is 8.53. The molecule has 0 amide bonds. The highest BCUT2D eigenvalue weighted by atomic mass is 16.3. The molecule has 2 aliphatic rings. The summed E-state index contributed by atoms with van der Waals surface area (Å²) >= 11 is 0. The maximum absolute atomic E-state index is 10.7. The van der Waals surface area contributed by atoms with Gasteiger partial charge in [-0.05, 0) is 54.2 Å². The molecule has 0 spiro atoms. The first kappa shape index (κ1) is 12.0. The lowest BCUT2D eigenvalue weighted by Gasteiger charge is -2.46. The van der Waals surface area contributed by atoms with Crippen LogP contribution in [0.3, 0.4) is 0 Å². The van der Waals surface area contributed by atoms with E-state index < -0.39 is 5.60 Å². The highest BCUT2D eigenvalue weighted by Crippen LogP contribution is 2.49. The Labute approximate surface area is 110 Å². The fraction of sp³-hybridized carbons (Fsp3) is 0.529. The van der Waals surface area contributed by atoms with E-state index in [0.717, 1.165) is 31.2 Å². The van der Waals surface area contributed by atoms with Crippen LogP contribution in [0.15, 0.2) is 24.3 Å². The molecule has 0 heterocycles. The highest BCUT2D eigenvalue weighted by molar-refractivity contribution is 5.57. The second kappa shape index (κ2) is 4.24. The van der Waals surface area contributed by atoms with Gasteiger partial charge in [0.25, 0.3) is 0 Å². The van der Waals surface area contributed by atoms with E-state index in [1.165, 1.54) is 11.1 Å². The third-order valence-corrected chi connectivity index (χ3v) is 4.70. The number of rotatable bonds is 2. The first-order valence-electron chi connectivity index (χ1n) is 7.11. The number of aliphatic hydroxyl groups is 1. The number of allylic oxidation sites excluding steroid dienone is 1. The quantitative estimate of drug-likeness (QED) is 0.834. The summed E-state index contributed by atoms with van der Waals surface area (Å²) < 4.78 is 0. The van der Waals surface area contributed by atoms with Gasteiger partial charge in [-0.25, -0.2) is 0 Å². The third-order valence-electron chi connectivity index (χ3n) is 4.70. The molecular weight excluding hydrogens is 220 g/mol. The SMILES string of the molecule is CC(C)C1CC(O)(c2ccc3c(c2)CCC=C3)C1. The van der Waals surface area contributed by atoms with Crippen molar-refractivity contribution < 1.29 is 5.11 Å². The zero-order valence-electron chi connectivity index (χ0n) is 11.3. The van der Waals surface area contributed by atoms with Crippen LogP contribution in [0.1, 0.15) is 49.8 Å². The summed E-state index contributed by atoms with van der Waals surface area (Å²) in [6, 6.07) is 6.52. The molecule has 0 aliphatic heterocycles. The molecule has 1 aromatic rings. The van der Waals surface area contributed by atoms with E-state index in [1.807, 2.05) is 0 Å². The van der Waals surface area contributed by atoms with E-state index in [-0.39, 0.29) is 0 Å². The molecule has 18 heavy (non-hydrogen) atoms. The molecule has 0 unspecified atom stereocenters. The largest absolute Gasteiger partial charge is 0.385 e. The van der Waals surface area contributed by atoms with Crippen molar-refractivity contribution in [3.05, 3.63) is 41.0 Å². The molecule has 0 atom stereocenters. The Bertz CT molecular complexity index is 478. The maximum Gasteiger partial charge on any atom is 0.0902 e. The fourth-order valence-corrected chi connectivity index (χ4v) is 3.24. The maximum atomic E-state index is 10.7. The number of fused-ring (bicyclic) bond motifs is 1. The second-order valence-corrected chi connectivity index (χ2v) is 6.30. The Morgan fingerprint density at radius 2 is 2.06 bits per heavy atom. The van der Waals surface area contributed by atoms with Crippen molar-refractivity contribution >= 4 is 6.08 Å². The molecule has 0 aromatic heterocycles. The zero-order valence-corrected chi connectivity index (χ0v) is 11.3. The van der Waals surface area contributed by atoms with Gasteiger partial charge in [0.2, 0.25) is 0 Å².